The van der Waals surface area contributed by atoms with Crippen molar-refractivity contribution >= 4 is 17.3 Å². The molecule has 2 heteroatoms. The van der Waals surface area contributed by atoms with E-state index >= 15 is 0 Å². The average molecular weight is 226 g/mol. The lowest BCUT2D eigenvalue weighted by molar-refractivity contribution is 0.551. The third-order valence-corrected chi connectivity index (χ3v) is 2.85. The van der Waals surface area contributed by atoms with Crippen LogP contribution in [0, 0.1) is 5.92 Å². The summed E-state index contributed by atoms with van der Waals surface area (Å²) in [5, 5.41) is 3.44. The molecule has 0 bridgehead atoms. The van der Waals surface area contributed by atoms with E-state index in [9.17, 15) is 0 Å². The van der Waals surface area contributed by atoms with E-state index in [2.05, 4.69) is 43.4 Å². The van der Waals surface area contributed by atoms with Gasteiger partial charge < -0.3 is 5.32 Å². The Kier molecular flexibility index (Phi) is 5.56. The first kappa shape index (κ1) is 12.4. The summed E-state index contributed by atoms with van der Waals surface area (Å²) in [7, 11) is 0. The summed E-state index contributed by atoms with van der Waals surface area (Å²) in [6.07, 6.45) is 2.54. The highest BCUT2D eigenvalue weighted by Crippen LogP contribution is 2.12. The standard InChI is InChI=1S/C13H20ClN/c1-3-4-11(2)10-15-13-7-5-12(9-14)6-8-13/h5-8,11,15H,3-4,9-10H2,1-2H3. The molecule has 0 fully saturated rings. The molecule has 0 saturated heterocycles. The quantitative estimate of drug-likeness (QED) is 0.713. The molecule has 1 aromatic carbocycles. The molecule has 1 rings (SSSR count). The van der Waals surface area contributed by atoms with Crippen molar-refractivity contribution in [2.24, 2.45) is 5.92 Å². The number of anilines is 1. The lowest BCUT2D eigenvalue weighted by Crippen LogP contribution is -2.10. The lowest BCUT2D eigenvalue weighted by Gasteiger charge is -2.12. The minimum Gasteiger partial charge on any atom is -0.385 e. The maximum Gasteiger partial charge on any atom is 0.0474 e. The Balaban J connectivity index is 2.37. The summed E-state index contributed by atoms with van der Waals surface area (Å²) in [6, 6.07) is 8.33. The first-order valence-corrected chi connectivity index (χ1v) is 6.18. The molecule has 0 aliphatic rings. The van der Waals surface area contributed by atoms with Gasteiger partial charge in [-0.2, -0.15) is 0 Å². The van der Waals surface area contributed by atoms with Crippen molar-refractivity contribution < 1.29 is 0 Å². The predicted molar refractivity (Wildman–Crippen MR) is 68.6 cm³/mol. The van der Waals surface area contributed by atoms with Gasteiger partial charge in [0.1, 0.15) is 0 Å². The van der Waals surface area contributed by atoms with Crippen molar-refractivity contribution in [2.75, 3.05) is 11.9 Å². The Labute approximate surface area is 97.8 Å². The van der Waals surface area contributed by atoms with Gasteiger partial charge in [0.15, 0.2) is 0 Å². The highest BCUT2D eigenvalue weighted by Gasteiger charge is 2.00. The SMILES string of the molecule is CCCC(C)CNc1ccc(CCl)cc1. The second kappa shape index (κ2) is 6.73. The van der Waals surface area contributed by atoms with Crippen molar-refractivity contribution in [2.45, 2.75) is 32.6 Å². The molecule has 1 N–H and O–H groups in total. The van der Waals surface area contributed by atoms with Gasteiger partial charge in [0.25, 0.3) is 0 Å². The molecule has 84 valence electrons. The zero-order chi connectivity index (χ0) is 11.1. The number of hydrogen-bond donors (Lipinski definition) is 1. The Hall–Kier alpha value is -0.690. The molecule has 0 spiro atoms. The number of hydrogen-bond acceptors (Lipinski definition) is 1. The van der Waals surface area contributed by atoms with Crippen molar-refractivity contribution in [3.63, 3.8) is 0 Å². The number of nitrogens with one attached hydrogen (secondary N) is 1. The molecule has 1 unspecified atom stereocenters. The highest BCUT2D eigenvalue weighted by atomic mass is 35.5. The third-order valence-electron chi connectivity index (χ3n) is 2.54. The average Bonchev–Trinajstić information content (AvgIpc) is 2.27. The summed E-state index contributed by atoms with van der Waals surface area (Å²) in [5.74, 6) is 1.33. The van der Waals surface area contributed by atoms with Gasteiger partial charge in [-0.3, -0.25) is 0 Å². The zero-order valence-electron chi connectivity index (χ0n) is 9.59. The number of rotatable bonds is 6. The minimum absolute atomic E-state index is 0.590. The van der Waals surface area contributed by atoms with Crippen LogP contribution in [-0.4, -0.2) is 6.54 Å². The van der Waals surface area contributed by atoms with E-state index < -0.39 is 0 Å². The molecule has 1 aromatic rings. The predicted octanol–water partition coefficient (Wildman–Crippen LogP) is 4.27. The third kappa shape index (κ3) is 4.57. The van der Waals surface area contributed by atoms with Gasteiger partial charge in [-0.05, 0) is 30.0 Å². The maximum absolute atomic E-state index is 5.73. The van der Waals surface area contributed by atoms with Crippen molar-refractivity contribution in [3.8, 4) is 0 Å². The van der Waals surface area contributed by atoms with E-state index in [-0.39, 0.29) is 0 Å². The van der Waals surface area contributed by atoms with Crippen LogP contribution in [-0.2, 0) is 5.88 Å². The fourth-order valence-corrected chi connectivity index (χ4v) is 1.78. The van der Waals surface area contributed by atoms with Crippen LogP contribution in [0.1, 0.15) is 32.3 Å². The van der Waals surface area contributed by atoms with E-state index in [0.717, 1.165) is 12.5 Å². The summed E-state index contributed by atoms with van der Waals surface area (Å²) in [4.78, 5) is 0. The van der Waals surface area contributed by atoms with Crippen LogP contribution < -0.4 is 5.32 Å². The van der Waals surface area contributed by atoms with E-state index in [1.54, 1.807) is 0 Å². The molecule has 0 heterocycles. The molecule has 0 aliphatic carbocycles. The zero-order valence-corrected chi connectivity index (χ0v) is 10.3. The van der Waals surface area contributed by atoms with Gasteiger partial charge >= 0.3 is 0 Å². The number of alkyl halides is 1. The molecule has 0 saturated carbocycles. The highest BCUT2D eigenvalue weighted by molar-refractivity contribution is 6.17. The number of halogens is 1. The molecule has 1 atom stereocenters. The molecule has 1 nitrogen and oxygen atoms in total. The fourth-order valence-electron chi connectivity index (χ4n) is 1.60. The first-order valence-electron chi connectivity index (χ1n) is 5.65. The van der Waals surface area contributed by atoms with Crippen LogP contribution >= 0.6 is 11.6 Å². The smallest absolute Gasteiger partial charge is 0.0474 e. The van der Waals surface area contributed by atoms with Gasteiger partial charge in [0.05, 0.1) is 0 Å². The molecular formula is C13H20ClN. The van der Waals surface area contributed by atoms with Crippen LogP contribution in [0.5, 0.6) is 0 Å². The van der Waals surface area contributed by atoms with E-state index in [4.69, 9.17) is 11.6 Å². The monoisotopic (exact) mass is 225 g/mol. The van der Waals surface area contributed by atoms with E-state index in [1.807, 2.05) is 0 Å². The van der Waals surface area contributed by atoms with Crippen LogP contribution in [0.3, 0.4) is 0 Å². The summed E-state index contributed by atoms with van der Waals surface area (Å²) >= 11 is 5.73. The van der Waals surface area contributed by atoms with Gasteiger partial charge in [-0.15, -0.1) is 11.6 Å². The maximum atomic E-state index is 5.73. The van der Waals surface area contributed by atoms with Crippen molar-refractivity contribution in [3.05, 3.63) is 29.8 Å². The lowest BCUT2D eigenvalue weighted by atomic mass is 10.1. The normalized spacial score (nSPS) is 12.5. The molecular weight excluding hydrogens is 206 g/mol. The van der Waals surface area contributed by atoms with Crippen LogP contribution in [0.15, 0.2) is 24.3 Å². The molecule has 0 aromatic heterocycles. The van der Waals surface area contributed by atoms with Crippen LogP contribution in [0.4, 0.5) is 5.69 Å². The Morgan fingerprint density at radius 2 is 1.93 bits per heavy atom. The molecule has 0 amide bonds. The fraction of sp³-hybridized carbons (Fsp3) is 0.538. The van der Waals surface area contributed by atoms with Gasteiger partial charge in [0, 0.05) is 18.1 Å². The van der Waals surface area contributed by atoms with Crippen LogP contribution in [0.2, 0.25) is 0 Å². The largest absolute Gasteiger partial charge is 0.385 e. The van der Waals surface area contributed by atoms with Crippen molar-refractivity contribution in [1.29, 1.82) is 0 Å². The Morgan fingerprint density at radius 3 is 2.47 bits per heavy atom. The summed E-state index contributed by atoms with van der Waals surface area (Å²) < 4.78 is 0. The van der Waals surface area contributed by atoms with Gasteiger partial charge in [0.2, 0.25) is 0 Å². The Morgan fingerprint density at radius 1 is 1.27 bits per heavy atom. The summed E-state index contributed by atoms with van der Waals surface area (Å²) in [6.45, 7) is 5.56. The van der Waals surface area contributed by atoms with Crippen LogP contribution in [0.25, 0.3) is 0 Å². The second-order valence-electron chi connectivity index (χ2n) is 4.11. The topological polar surface area (TPSA) is 12.0 Å². The Bertz CT molecular complexity index is 268. The molecule has 0 radical (unpaired) electrons. The summed E-state index contributed by atoms with van der Waals surface area (Å²) in [5.41, 5.74) is 2.36. The first-order chi connectivity index (χ1) is 7.26. The van der Waals surface area contributed by atoms with Gasteiger partial charge in [-0.25, -0.2) is 0 Å². The van der Waals surface area contributed by atoms with Crippen molar-refractivity contribution in [1.82, 2.24) is 0 Å². The minimum atomic E-state index is 0.590. The van der Waals surface area contributed by atoms with E-state index in [1.165, 1.54) is 24.1 Å². The molecule has 15 heavy (non-hydrogen) atoms. The van der Waals surface area contributed by atoms with E-state index in [0.29, 0.717) is 5.88 Å². The van der Waals surface area contributed by atoms with Gasteiger partial charge in [-0.1, -0.05) is 32.4 Å². The number of benzene rings is 1. The second-order valence-corrected chi connectivity index (χ2v) is 4.37. The molecule has 0 aliphatic heterocycles.